The Hall–Kier alpha value is -3.08. The number of hydrogen-bond acceptors (Lipinski definition) is 4. The molecule has 0 spiro atoms. The Balaban J connectivity index is 2.05. The molecule has 0 unspecified atom stereocenters. The normalized spacial score (nSPS) is 10.6. The van der Waals surface area contributed by atoms with Gasteiger partial charge in [-0.1, -0.05) is 30.3 Å². The van der Waals surface area contributed by atoms with Gasteiger partial charge in [0.2, 0.25) is 0 Å². The fraction of sp³-hybridized carbons (Fsp3) is 0.111. The van der Waals surface area contributed by atoms with E-state index >= 15 is 0 Å². The lowest BCUT2D eigenvalue weighted by molar-refractivity contribution is -0.137. The Morgan fingerprint density at radius 3 is 2.35 bits per heavy atom. The number of oxazole rings is 1. The van der Waals surface area contributed by atoms with E-state index in [0.717, 1.165) is 11.1 Å². The zero-order valence-corrected chi connectivity index (χ0v) is 12.3. The minimum Gasteiger partial charge on any atom is -0.508 e. The van der Waals surface area contributed by atoms with Crippen molar-refractivity contribution < 1.29 is 19.4 Å². The van der Waals surface area contributed by atoms with E-state index in [0.29, 0.717) is 17.3 Å². The van der Waals surface area contributed by atoms with Crippen LogP contribution in [-0.2, 0) is 11.2 Å². The predicted molar refractivity (Wildman–Crippen MR) is 85.0 cm³/mol. The second-order valence-corrected chi connectivity index (χ2v) is 5.09. The number of carboxylic acids is 1. The molecule has 1 heterocycles. The molecule has 5 nitrogen and oxygen atoms in total. The molecule has 5 heteroatoms. The van der Waals surface area contributed by atoms with Crippen molar-refractivity contribution >= 4 is 5.97 Å². The summed E-state index contributed by atoms with van der Waals surface area (Å²) < 4.78 is 5.80. The van der Waals surface area contributed by atoms with Crippen molar-refractivity contribution in [1.82, 2.24) is 4.98 Å². The van der Waals surface area contributed by atoms with Crippen molar-refractivity contribution in [2.45, 2.75) is 12.8 Å². The first-order valence-electron chi connectivity index (χ1n) is 7.20. The molecule has 2 aromatic carbocycles. The van der Waals surface area contributed by atoms with Crippen molar-refractivity contribution in [1.29, 1.82) is 0 Å². The number of nitrogens with zero attached hydrogens (tertiary/aromatic N) is 1. The summed E-state index contributed by atoms with van der Waals surface area (Å²) >= 11 is 0. The van der Waals surface area contributed by atoms with Crippen LogP contribution >= 0.6 is 0 Å². The molecule has 1 aromatic heterocycles. The summed E-state index contributed by atoms with van der Waals surface area (Å²) in [5, 5.41) is 18.2. The van der Waals surface area contributed by atoms with Gasteiger partial charge in [-0.15, -0.1) is 0 Å². The quantitative estimate of drug-likeness (QED) is 0.750. The number of aromatic nitrogens is 1. The van der Waals surface area contributed by atoms with Gasteiger partial charge in [0.15, 0.2) is 11.7 Å². The first-order valence-corrected chi connectivity index (χ1v) is 7.20. The van der Waals surface area contributed by atoms with Gasteiger partial charge >= 0.3 is 5.97 Å². The average Bonchev–Trinajstić information content (AvgIpc) is 2.99. The number of aryl methyl sites for hydroxylation is 1. The van der Waals surface area contributed by atoms with Crippen LogP contribution in [0.1, 0.15) is 12.3 Å². The summed E-state index contributed by atoms with van der Waals surface area (Å²) in [6.07, 6.45) is 0.191. The highest BCUT2D eigenvalue weighted by Crippen LogP contribution is 2.33. The van der Waals surface area contributed by atoms with E-state index in [2.05, 4.69) is 4.98 Å². The molecule has 0 bridgehead atoms. The fourth-order valence-corrected chi connectivity index (χ4v) is 2.29. The van der Waals surface area contributed by atoms with Crippen LogP contribution in [0.2, 0.25) is 0 Å². The van der Waals surface area contributed by atoms with Crippen molar-refractivity contribution in [3.05, 3.63) is 60.5 Å². The van der Waals surface area contributed by atoms with E-state index in [1.807, 2.05) is 30.3 Å². The van der Waals surface area contributed by atoms with Crippen LogP contribution in [0.4, 0.5) is 0 Å². The maximum Gasteiger partial charge on any atom is 0.303 e. The molecule has 0 saturated heterocycles. The van der Waals surface area contributed by atoms with Crippen molar-refractivity contribution in [3.8, 4) is 28.3 Å². The van der Waals surface area contributed by atoms with E-state index in [-0.39, 0.29) is 18.6 Å². The van der Waals surface area contributed by atoms with Gasteiger partial charge < -0.3 is 14.6 Å². The molecule has 0 saturated carbocycles. The number of aliphatic carboxylic acids is 1. The van der Waals surface area contributed by atoms with Crippen molar-refractivity contribution in [2.75, 3.05) is 0 Å². The van der Waals surface area contributed by atoms with Crippen LogP contribution < -0.4 is 0 Å². The van der Waals surface area contributed by atoms with E-state index in [1.54, 1.807) is 24.3 Å². The fourth-order valence-electron chi connectivity index (χ4n) is 2.29. The van der Waals surface area contributed by atoms with Gasteiger partial charge in [0.25, 0.3) is 0 Å². The van der Waals surface area contributed by atoms with Crippen LogP contribution in [0.5, 0.6) is 5.75 Å². The second kappa shape index (κ2) is 6.36. The number of carboxylic acid groups (broad SMARTS) is 1. The van der Waals surface area contributed by atoms with Crippen LogP contribution in [-0.4, -0.2) is 21.2 Å². The van der Waals surface area contributed by atoms with E-state index < -0.39 is 5.97 Å². The molecule has 3 rings (SSSR count). The highest BCUT2D eigenvalue weighted by molar-refractivity contribution is 5.77. The minimum atomic E-state index is -0.893. The number of rotatable bonds is 5. The summed E-state index contributed by atoms with van der Waals surface area (Å²) in [4.78, 5) is 15.2. The summed E-state index contributed by atoms with van der Waals surface area (Å²) in [6, 6.07) is 16.2. The molecular weight excluding hydrogens is 294 g/mol. The zero-order valence-electron chi connectivity index (χ0n) is 12.3. The smallest absolute Gasteiger partial charge is 0.303 e. The van der Waals surface area contributed by atoms with Gasteiger partial charge in [-0.25, -0.2) is 4.98 Å². The lowest BCUT2D eigenvalue weighted by atomic mass is 10.1. The lowest BCUT2D eigenvalue weighted by Crippen LogP contribution is -1.97. The first kappa shape index (κ1) is 14.8. The summed E-state index contributed by atoms with van der Waals surface area (Å²) in [6.45, 7) is 0. The van der Waals surface area contributed by atoms with Gasteiger partial charge in [0, 0.05) is 17.5 Å². The topological polar surface area (TPSA) is 83.6 Å². The molecule has 3 aromatic rings. The summed E-state index contributed by atoms with van der Waals surface area (Å²) in [7, 11) is 0. The van der Waals surface area contributed by atoms with Gasteiger partial charge in [0.1, 0.15) is 11.4 Å². The standard InChI is InChI=1S/C18H15NO4/c20-14-8-6-12(7-9-14)17-18(13-4-2-1-3-5-13)23-15(19-17)10-11-16(21)22/h1-9,20H,10-11H2,(H,21,22). The van der Waals surface area contributed by atoms with Crippen LogP contribution in [0.3, 0.4) is 0 Å². The van der Waals surface area contributed by atoms with Gasteiger partial charge in [-0.05, 0) is 24.3 Å². The minimum absolute atomic E-state index is 0.0379. The SMILES string of the molecule is O=C(O)CCc1nc(-c2ccc(O)cc2)c(-c2ccccc2)o1. The number of aromatic hydroxyl groups is 1. The molecule has 2 N–H and O–H groups in total. The first-order chi connectivity index (χ1) is 11.1. The van der Waals surface area contributed by atoms with Gasteiger partial charge in [-0.2, -0.15) is 0 Å². The second-order valence-electron chi connectivity index (χ2n) is 5.09. The number of hydrogen-bond donors (Lipinski definition) is 2. The molecule has 23 heavy (non-hydrogen) atoms. The molecule has 0 fully saturated rings. The number of phenolic OH excluding ortho intramolecular Hbond substituents is 1. The highest BCUT2D eigenvalue weighted by Gasteiger charge is 2.17. The molecule has 0 aliphatic rings. The Morgan fingerprint density at radius 2 is 1.70 bits per heavy atom. The molecule has 0 atom stereocenters. The predicted octanol–water partition coefficient (Wildman–Crippen LogP) is 3.73. The molecule has 0 amide bonds. The largest absolute Gasteiger partial charge is 0.508 e. The zero-order chi connectivity index (χ0) is 16.2. The average molecular weight is 309 g/mol. The highest BCUT2D eigenvalue weighted by atomic mass is 16.4. The van der Waals surface area contributed by atoms with Gasteiger partial charge in [0.05, 0.1) is 6.42 Å². The monoisotopic (exact) mass is 309 g/mol. The molecular formula is C18H15NO4. The maximum atomic E-state index is 10.7. The Morgan fingerprint density at radius 1 is 1.00 bits per heavy atom. The number of benzene rings is 2. The molecule has 0 radical (unpaired) electrons. The third-order valence-corrected chi connectivity index (χ3v) is 3.40. The Kier molecular flexibility index (Phi) is 4.10. The van der Waals surface area contributed by atoms with E-state index in [4.69, 9.17) is 9.52 Å². The summed E-state index contributed by atoms with van der Waals surface area (Å²) in [5.41, 5.74) is 2.30. The van der Waals surface area contributed by atoms with E-state index in [9.17, 15) is 9.90 Å². The lowest BCUT2D eigenvalue weighted by Gasteiger charge is -2.01. The Bertz CT molecular complexity index is 807. The van der Waals surface area contributed by atoms with Gasteiger partial charge in [-0.3, -0.25) is 4.79 Å². The van der Waals surface area contributed by atoms with Crippen LogP contribution in [0.25, 0.3) is 22.6 Å². The third-order valence-electron chi connectivity index (χ3n) is 3.40. The molecule has 116 valence electrons. The van der Waals surface area contributed by atoms with Crippen molar-refractivity contribution in [3.63, 3.8) is 0 Å². The number of carbonyl (C=O) groups is 1. The van der Waals surface area contributed by atoms with Crippen LogP contribution in [0.15, 0.2) is 59.0 Å². The van der Waals surface area contributed by atoms with Crippen molar-refractivity contribution in [2.24, 2.45) is 0 Å². The van der Waals surface area contributed by atoms with E-state index in [1.165, 1.54) is 0 Å². The summed E-state index contributed by atoms with van der Waals surface area (Å²) in [5.74, 6) is 0.256. The molecule has 0 aliphatic heterocycles. The maximum absolute atomic E-state index is 10.7. The van der Waals surface area contributed by atoms with Crippen LogP contribution in [0, 0.1) is 0 Å². The third kappa shape index (κ3) is 3.40. The molecule has 0 aliphatic carbocycles. The Labute approximate surface area is 132 Å². The number of phenols is 1.